The molecule has 0 spiro atoms. The lowest BCUT2D eigenvalue weighted by Crippen LogP contribution is -2.33. The predicted octanol–water partition coefficient (Wildman–Crippen LogP) is 2.30. The van der Waals surface area contributed by atoms with Crippen molar-refractivity contribution in [3.05, 3.63) is 0 Å². The van der Waals surface area contributed by atoms with Gasteiger partial charge in [0, 0.05) is 10.5 Å². The van der Waals surface area contributed by atoms with E-state index < -0.39 is 0 Å². The zero-order valence-electron chi connectivity index (χ0n) is 6.65. The third kappa shape index (κ3) is 3.19. The maximum Gasteiger partial charge on any atom is 0.0209 e. The minimum atomic E-state index is 0.815. The molecule has 1 heterocycles. The zero-order chi connectivity index (χ0) is 7.40. The Hall–Kier alpha value is 0.690. The second-order valence-corrected chi connectivity index (χ2v) is 5.27. The summed E-state index contributed by atoms with van der Waals surface area (Å²) in [6, 6.07) is 0. The summed E-state index contributed by atoms with van der Waals surface area (Å²) in [5.41, 5.74) is 0. The summed E-state index contributed by atoms with van der Waals surface area (Å²) in [6.07, 6.45) is 4.29. The van der Waals surface area contributed by atoms with Gasteiger partial charge in [-0.25, -0.2) is 0 Å². The molecule has 1 saturated heterocycles. The molecule has 0 bridgehead atoms. The summed E-state index contributed by atoms with van der Waals surface area (Å²) >= 11 is 2.50. The Morgan fingerprint density at radius 1 is 1.30 bits per heavy atom. The number of piperidine rings is 1. The van der Waals surface area contributed by atoms with Gasteiger partial charge in [-0.1, -0.05) is 35.9 Å². The molecule has 1 aliphatic heterocycles. The van der Waals surface area contributed by atoms with Gasteiger partial charge in [-0.2, -0.15) is 0 Å². The predicted molar refractivity (Wildman–Crippen MR) is 53.8 cm³/mol. The van der Waals surface area contributed by atoms with Crippen LogP contribution in [0.2, 0.25) is 0 Å². The van der Waals surface area contributed by atoms with Crippen molar-refractivity contribution in [2.45, 2.75) is 30.1 Å². The van der Waals surface area contributed by atoms with Crippen molar-refractivity contribution in [1.82, 2.24) is 4.90 Å². The number of hydrogen-bond donors (Lipinski definition) is 0. The number of likely N-dealkylation sites (tertiary alicyclic amines) is 1. The summed E-state index contributed by atoms with van der Waals surface area (Å²) in [7, 11) is 0. The first-order chi connectivity index (χ1) is 4.79. The molecule has 0 radical (unpaired) electrons. The molecule has 1 nitrogen and oxygen atoms in total. The van der Waals surface area contributed by atoms with Crippen molar-refractivity contribution >= 4 is 22.6 Å². The first-order valence-corrected chi connectivity index (χ1v) is 5.40. The average Bonchev–Trinajstić information content (AvgIpc) is 1.88. The summed E-state index contributed by atoms with van der Waals surface area (Å²) in [5.74, 6) is 0. The van der Waals surface area contributed by atoms with E-state index >= 15 is 0 Å². The Morgan fingerprint density at radius 2 is 1.90 bits per heavy atom. The van der Waals surface area contributed by atoms with E-state index in [2.05, 4.69) is 34.4 Å². The molecule has 0 N–H and O–H groups in total. The highest BCUT2D eigenvalue weighted by Gasteiger charge is 2.10. The number of halogens is 1. The van der Waals surface area contributed by atoms with Crippen LogP contribution in [0.1, 0.15) is 26.2 Å². The van der Waals surface area contributed by atoms with Crippen LogP contribution in [0.15, 0.2) is 0 Å². The van der Waals surface area contributed by atoms with Crippen LogP contribution in [0.5, 0.6) is 0 Å². The second kappa shape index (κ2) is 4.54. The van der Waals surface area contributed by atoms with E-state index in [1.807, 2.05) is 0 Å². The summed E-state index contributed by atoms with van der Waals surface area (Å²) < 4.78 is 0.815. The second-order valence-electron chi connectivity index (χ2n) is 3.14. The van der Waals surface area contributed by atoms with Crippen LogP contribution in [-0.2, 0) is 0 Å². The van der Waals surface area contributed by atoms with Crippen LogP contribution < -0.4 is 0 Å². The van der Waals surface area contributed by atoms with Gasteiger partial charge in [0.15, 0.2) is 0 Å². The van der Waals surface area contributed by atoms with Gasteiger partial charge < -0.3 is 4.90 Å². The molecule has 0 saturated carbocycles. The van der Waals surface area contributed by atoms with E-state index in [0.29, 0.717) is 0 Å². The van der Waals surface area contributed by atoms with Crippen molar-refractivity contribution in [3.63, 3.8) is 0 Å². The lowest BCUT2D eigenvalue weighted by molar-refractivity contribution is 0.234. The Balaban J connectivity index is 2.13. The standard InChI is InChI=1S/C8H16IN/c1-8(9)7-10-5-3-2-4-6-10/h8H,2-7H2,1H3. The van der Waals surface area contributed by atoms with Gasteiger partial charge in [-0.15, -0.1) is 0 Å². The number of alkyl halides is 1. The van der Waals surface area contributed by atoms with Gasteiger partial charge in [-0.05, 0) is 25.9 Å². The maximum absolute atomic E-state index is 2.58. The van der Waals surface area contributed by atoms with Crippen molar-refractivity contribution < 1.29 is 0 Å². The molecule has 0 aromatic rings. The molecule has 0 aromatic heterocycles. The molecule has 0 aromatic carbocycles. The Kier molecular flexibility index (Phi) is 3.99. The van der Waals surface area contributed by atoms with Crippen LogP contribution >= 0.6 is 22.6 Å². The zero-order valence-corrected chi connectivity index (χ0v) is 8.80. The molecule has 1 aliphatic rings. The van der Waals surface area contributed by atoms with Crippen LogP contribution in [0.4, 0.5) is 0 Å². The summed E-state index contributed by atoms with van der Waals surface area (Å²) in [4.78, 5) is 2.58. The number of rotatable bonds is 2. The van der Waals surface area contributed by atoms with E-state index in [1.165, 1.54) is 38.9 Å². The van der Waals surface area contributed by atoms with Gasteiger partial charge in [0.25, 0.3) is 0 Å². The van der Waals surface area contributed by atoms with E-state index in [9.17, 15) is 0 Å². The highest BCUT2D eigenvalue weighted by Crippen LogP contribution is 2.11. The molecular weight excluding hydrogens is 237 g/mol. The van der Waals surface area contributed by atoms with E-state index in [-0.39, 0.29) is 0 Å². The van der Waals surface area contributed by atoms with Crippen LogP contribution in [-0.4, -0.2) is 28.5 Å². The summed E-state index contributed by atoms with van der Waals surface area (Å²) in [6.45, 7) is 6.26. The lowest BCUT2D eigenvalue weighted by Gasteiger charge is -2.27. The SMILES string of the molecule is CC(I)CN1CCCCC1. The van der Waals surface area contributed by atoms with Gasteiger partial charge >= 0.3 is 0 Å². The normalized spacial score (nSPS) is 24.6. The molecule has 10 heavy (non-hydrogen) atoms. The average molecular weight is 253 g/mol. The van der Waals surface area contributed by atoms with E-state index in [4.69, 9.17) is 0 Å². The fourth-order valence-electron chi connectivity index (χ4n) is 1.50. The number of nitrogens with zero attached hydrogens (tertiary/aromatic N) is 1. The Morgan fingerprint density at radius 3 is 2.40 bits per heavy atom. The van der Waals surface area contributed by atoms with Gasteiger partial charge in [0.05, 0.1) is 0 Å². The highest BCUT2D eigenvalue weighted by atomic mass is 127. The van der Waals surface area contributed by atoms with E-state index in [0.717, 1.165) is 3.92 Å². The largest absolute Gasteiger partial charge is 0.302 e. The van der Waals surface area contributed by atoms with Crippen molar-refractivity contribution in [2.24, 2.45) is 0 Å². The minimum Gasteiger partial charge on any atom is -0.302 e. The third-order valence-electron chi connectivity index (χ3n) is 1.96. The molecule has 1 unspecified atom stereocenters. The van der Waals surface area contributed by atoms with Crippen molar-refractivity contribution in [1.29, 1.82) is 0 Å². The molecular formula is C8H16IN. The maximum atomic E-state index is 2.58. The van der Waals surface area contributed by atoms with Gasteiger partial charge in [0.1, 0.15) is 0 Å². The van der Waals surface area contributed by atoms with Crippen LogP contribution in [0, 0.1) is 0 Å². The minimum absolute atomic E-state index is 0.815. The van der Waals surface area contributed by atoms with E-state index in [1.54, 1.807) is 0 Å². The first kappa shape index (κ1) is 8.78. The lowest BCUT2D eigenvalue weighted by atomic mass is 10.1. The molecule has 1 rings (SSSR count). The first-order valence-electron chi connectivity index (χ1n) is 4.15. The van der Waals surface area contributed by atoms with Crippen molar-refractivity contribution in [3.8, 4) is 0 Å². The Labute approximate surface area is 77.3 Å². The van der Waals surface area contributed by atoms with Gasteiger partial charge in [-0.3, -0.25) is 0 Å². The molecule has 0 aliphatic carbocycles. The molecule has 1 atom stereocenters. The smallest absolute Gasteiger partial charge is 0.0209 e. The molecule has 2 heteroatoms. The summed E-state index contributed by atoms with van der Waals surface area (Å²) in [5, 5.41) is 0. The van der Waals surface area contributed by atoms with Crippen molar-refractivity contribution in [2.75, 3.05) is 19.6 Å². The molecule has 1 fully saturated rings. The van der Waals surface area contributed by atoms with Crippen LogP contribution in [0.3, 0.4) is 0 Å². The Bertz CT molecular complexity index is 87.3. The van der Waals surface area contributed by atoms with Gasteiger partial charge in [0.2, 0.25) is 0 Å². The molecule has 0 amide bonds. The monoisotopic (exact) mass is 253 g/mol. The fourth-order valence-corrected chi connectivity index (χ4v) is 2.05. The third-order valence-corrected chi connectivity index (χ3v) is 2.35. The fraction of sp³-hybridized carbons (Fsp3) is 1.00. The van der Waals surface area contributed by atoms with Crippen LogP contribution in [0.25, 0.3) is 0 Å². The molecule has 60 valence electrons. The quantitative estimate of drug-likeness (QED) is 0.539. The topological polar surface area (TPSA) is 3.24 Å². The number of hydrogen-bond acceptors (Lipinski definition) is 1. The highest BCUT2D eigenvalue weighted by molar-refractivity contribution is 14.1.